The first-order valence-electron chi connectivity index (χ1n) is 10.8. The average Bonchev–Trinajstić information content (AvgIpc) is 3.12. The molecule has 0 radical (unpaired) electrons. The molecule has 7 heteroatoms. The first-order chi connectivity index (χ1) is 15.5. The van der Waals surface area contributed by atoms with Crippen LogP contribution in [0.1, 0.15) is 41.3 Å². The van der Waals surface area contributed by atoms with Gasteiger partial charge in [0.05, 0.1) is 32.5 Å². The van der Waals surface area contributed by atoms with E-state index in [2.05, 4.69) is 11.8 Å². The van der Waals surface area contributed by atoms with Crippen LogP contribution in [-0.2, 0) is 6.54 Å². The second kappa shape index (κ2) is 9.12. The number of carbonyl (C=O) groups is 1. The molecule has 2 aromatic rings. The Kier molecular flexibility index (Phi) is 6.28. The molecule has 7 nitrogen and oxygen atoms in total. The van der Waals surface area contributed by atoms with Crippen molar-refractivity contribution < 1.29 is 28.8 Å². The number of phenols is 1. The molecule has 0 atom stereocenters. The number of piperidine rings is 1. The lowest BCUT2D eigenvalue weighted by Crippen LogP contribution is -2.32. The van der Waals surface area contributed by atoms with Gasteiger partial charge in [-0.15, -0.1) is 0 Å². The van der Waals surface area contributed by atoms with E-state index in [9.17, 15) is 9.90 Å². The van der Waals surface area contributed by atoms with Crippen LogP contribution in [0.3, 0.4) is 0 Å². The number of likely N-dealkylation sites (tertiary alicyclic amines) is 1. The lowest BCUT2D eigenvalue weighted by atomic mass is 9.98. The lowest BCUT2D eigenvalue weighted by molar-refractivity contribution is 0.101. The van der Waals surface area contributed by atoms with E-state index in [-0.39, 0.29) is 17.3 Å². The molecule has 2 aliphatic rings. The maximum absolute atomic E-state index is 13.1. The summed E-state index contributed by atoms with van der Waals surface area (Å²) in [7, 11) is 4.61. The zero-order valence-corrected chi connectivity index (χ0v) is 18.9. The first kappa shape index (κ1) is 22.0. The van der Waals surface area contributed by atoms with Crippen molar-refractivity contribution >= 4 is 11.9 Å². The van der Waals surface area contributed by atoms with Crippen molar-refractivity contribution in [3.05, 3.63) is 46.7 Å². The molecule has 2 heterocycles. The highest BCUT2D eigenvalue weighted by Crippen LogP contribution is 2.43. The van der Waals surface area contributed by atoms with Crippen LogP contribution in [0.5, 0.6) is 28.7 Å². The lowest BCUT2D eigenvalue weighted by Gasteiger charge is -2.30. The quantitative estimate of drug-likeness (QED) is 0.674. The number of rotatable bonds is 6. The maximum Gasteiger partial charge on any atom is 0.231 e. The number of Topliss-reactive ketones (excluding diaryl/α,β-unsaturated/α-hetero) is 1. The van der Waals surface area contributed by atoms with Crippen LogP contribution < -0.4 is 18.9 Å². The zero-order chi connectivity index (χ0) is 22.8. The van der Waals surface area contributed by atoms with Crippen LogP contribution in [-0.4, -0.2) is 50.2 Å². The molecule has 4 rings (SSSR count). The summed E-state index contributed by atoms with van der Waals surface area (Å²) in [5.41, 5.74) is 1.72. The molecule has 2 aliphatic heterocycles. The molecule has 0 aliphatic carbocycles. The molecule has 0 aromatic heterocycles. The summed E-state index contributed by atoms with van der Waals surface area (Å²) in [5, 5.41) is 10.5. The first-order valence-corrected chi connectivity index (χ1v) is 10.8. The number of carbonyl (C=O) groups excluding carboxylic acids is 1. The molecule has 1 saturated heterocycles. The minimum Gasteiger partial charge on any atom is -0.507 e. The maximum atomic E-state index is 13.1. The van der Waals surface area contributed by atoms with E-state index in [0.717, 1.165) is 25.9 Å². The summed E-state index contributed by atoms with van der Waals surface area (Å²) in [5.74, 6) is 2.62. The number of ketones is 1. The van der Waals surface area contributed by atoms with Gasteiger partial charge in [-0.25, -0.2) is 0 Å². The van der Waals surface area contributed by atoms with Gasteiger partial charge in [0.25, 0.3) is 0 Å². The van der Waals surface area contributed by atoms with E-state index in [0.29, 0.717) is 52.2 Å². The molecule has 1 N–H and O–H groups in total. The van der Waals surface area contributed by atoms with Crippen LogP contribution in [0.4, 0.5) is 0 Å². The Morgan fingerprint density at radius 3 is 2.44 bits per heavy atom. The number of hydrogen-bond acceptors (Lipinski definition) is 7. The molecule has 0 unspecified atom stereocenters. The monoisotopic (exact) mass is 439 g/mol. The van der Waals surface area contributed by atoms with Gasteiger partial charge in [0.2, 0.25) is 11.5 Å². The van der Waals surface area contributed by atoms with E-state index in [1.807, 2.05) is 0 Å². The number of aromatic hydroxyl groups is 1. The predicted molar refractivity (Wildman–Crippen MR) is 121 cm³/mol. The highest BCUT2D eigenvalue weighted by molar-refractivity contribution is 6.15. The fraction of sp³-hybridized carbons (Fsp3) is 0.400. The molecule has 2 aromatic carbocycles. The van der Waals surface area contributed by atoms with Gasteiger partial charge in [0.15, 0.2) is 17.3 Å². The van der Waals surface area contributed by atoms with Crippen molar-refractivity contribution in [1.82, 2.24) is 4.90 Å². The fourth-order valence-corrected chi connectivity index (χ4v) is 4.27. The number of nitrogens with zero attached hydrogens (tertiary/aromatic N) is 1. The Morgan fingerprint density at radius 2 is 1.78 bits per heavy atom. The Bertz CT molecular complexity index is 1050. The van der Waals surface area contributed by atoms with Gasteiger partial charge in [0, 0.05) is 12.1 Å². The van der Waals surface area contributed by atoms with Crippen molar-refractivity contribution in [1.29, 1.82) is 0 Å². The minimum atomic E-state index is -0.231. The Balaban J connectivity index is 1.67. The molecule has 0 bridgehead atoms. The molecule has 0 amide bonds. The van der Waals surface area contributed by atoms with E-state index in [1.54, 1.807) is 37.5 Å². The zero-order valence-electron chi connectivity index (χ0n) is 18.9. The van der Waals surface area contributed by atoms with Gasteiger partial charge < -0.3 is 24.1 Å². The molecular formula is C25H29NO6. The highest BCUT2D eigenvalue weighted by atomic mass is 16.5. The average molecular weight is 440 g/mol. The third-order valence-corrected chi connectivity index (χ3v) is 6.20. The smallest absolute Gasteiger partial charge is 0.231 e. The summed E-state index contributed by atoms with van der Waals surface area (Å²) >= 11 is 0. The molecular weight excluding hydrogens is 410 g/mol. The van der Waals surface area contributed by atoms with E-state index < -0.39 is 0 Å². The molecule has 0 spiro atoms. The number of allylic oxidation sites excluding steroid dienone is 1. The molecule has 1 fully saturated rings. The Hall–Kier alpha value is -3.19. The van der Waals surface area contributed by atoms with E-state index in [1.165, 1.54) is 14.2 Å². The van der Waals surface area contributed by atoms with Gasteiger partial charge >= 0.3 is 0 Å². The highest BCUT2D eigenvalue weighted by Gasteiger charge is 2.32. The van der Waals surface area contributed by atoms with Crippen molar-refractivity contribution in [2.75, 3.05) is 34.4 Å². The van der Waals surface area contributed by atoms with Crippen molar-refractivity contribution in [2.24, 2.45) is 5.92 Å². The normalized spacial score (nSPS) is 17.9. The van der Waals surface area contributed by atoms with Crippen molar-refractivity contribution in [3.63, 3.8) is 0 Å². The topological polar surface area (TPSA) is 77.5 Å². The van der Waals surface area contributed by atoms with Crippen LogP contribution in [0, 0.1) is 5.92 Å². The summed E-state index contributed by atoms with van der Waals surface area (Å²) in [6, 6.07) is 6.71. The van der Waals surface area contributed by atoms with E-state index >= 15 is 0 Å². The molecule has 170 valence electrons. The number of hydrogen-bond donors (Lipinski definition) is 1. The fourth-order valence-electron chi connectivity index (χ4n) is 4.27. The van der Waals surface area contributed by atoms with Crippen molar-refractivity contribution in [3.8, 4) is 28.7 Å². The van der Waals surface area contributed by atoms with Crippen LogP contribution in [0.25, 0.3) is 6.08 Å². The molecule has 0 saturated carbocycles. The molecule has 32 heavy (non-hydrogen) atoms. The minimum absolute atomic E-state index is 0.139. The number of methoxy groups -OCH3 is 3. The van der Waals surface area contributed by atoms with Gasteiger partial charge in [-0.2, -0.15) is 0 Å². The summed E-state index contributed by atoms with van der Waals surface area (Å²) in [6.07, 6.45) is 3.88. The van der Waals surface area contributed by atoms with Crippen LogP contribution in [0.2, 0.25) is 0 Å². The van der Waals surface area contributed by atoms with Crippen LogP contribution >= 0.6 is 0 Å². The van der Waals surface area contributed by atoms with Gasteiger partial charge in [-0.3, -0.25) is 9.69 Å². The second-order valence-corrected chi connectivity index (χ2v) is 8.26. The SMILES string of the molecule is COc1ccc(/C=C2\Oc3c(ccc(O)c3CN3CCC(C)CC3)C2=O)c(OC)c1OC. The Labute approximate surface area is 188 Å². The summed E-state index contributed by atoms with van der Waals surface area (Å²) in [4.78, 5) is 15.4. The second-order valence-electron chi connectivity index (χ2n) is 8.26. The van der Waals surface area contributed by atoms with Crippen LogP contribution in [0.15, 0.2) is 30.0 Å². The van der Waals surface area contributed by atoms with Gasteiger partial charge in [-0.05, 0) is 62.2 Å². The van der Waals surface area contributed by atoms with Gasteiger partial charge in [0.1, 0.15) is 11.5 Å². The number of ether oxygens (including phenoxy) is 4. The number of fused-ring (bicyclic) bond motifs is 1. The van der Waals surface area contributed by atoms with Gasteiger partial charge in [-0.1, -0.05) is 6.92 Å². The predicted octanol–water partition coefficient (Wildman–Crippen LogP) is 4.27. The third kappa shape index (κ3) is 4.00. The largest absolute Gasteiger partial charge is 0.507 e. The standard InChI is InChI=1S/C25H29NO6/c1-15-9-11-26(12-10-15)14-18-19(27)7-6-17-22(28)21(32-24(17)18)13-16-5-8-20(29-2)25(31-4)23(16)30-3/h5-8,13,15,27H,9-12,14H2,1-4H3/b21-13-. The third-order valence-electron chi connectivity index (χ3n) is 6.20. The summed E-state index contributed by atoms with van der Waals surface area (Å²) in [6.45, 7) is 4.73. The number of benzene rings is 2. The van der Waals surface area contributed by atoms with Crippen molar-refractivity contribution in [2.45, 2.75) is 26.3 Å². The summed E-state index contributed by atoms with van der Waals surface area (Å²) < 4.78 is 22.3. The Morgan fingerprint density at radius 1 is 1.06 bits per heavy atom. The number of phenolic OH excluding ortho intramolecular Hbond substituents is 1. The van der Waals surface area contributed by atoms with E-state index in [4.69, 9.17) is 18.9 Å².